The normalized spacial score (nSPS) is 8.89. The van der Waals surface area contributed by atoms with Gasteiger partial charge >= 0.3 is 0 Å². The van der Waals surface area contributed by atoms with E-state index in [1.54, 1.807) is 0 Å². The van der Waals surface area contributed by atoms with Gasteiger partial charge in [0, 0.05) is 6.61 Å². The van der Waals surface area contributed by atoms with Crippen LogP contribution < -0.4 is 0 Å². The summed E-state index contributed by atoms with van der Waals surface area (Å²) in [5.74, 6) is 2.37. The van der Waals surface area contributed by atoms with Gasteiger partial charge in [-0.25, -0.2) is 0 Å². The molecule has 0 rings (SSSR count). The lowest BCUT2D eigenvalue weighted by Crippen LogP contribution is -2.03. The number of rotatable bonds is 5. The van der Waals surface area contributed by atoms with Crippen molar-refractivity contribution in [1.29, 1.82) is 0 Å². The molecule has 0 aliphatic heterocycles. The summed E-state index contributed by atoms with van der Waals surface area (Å²) in [6, 6.07) is 0. The molecule has 0 saturated carbocycles. The second-order valence-electron chi connectivity index (χ2n) is 1.45. The highest BCUT2D eigenvalue weighted by Gasteiger charge is 1.82. The van der Waals surface area contributed by atoms with E-state index < -0.39 is 0 Å². The third kappa shape index (κ3) is 7.48. The molecule has 0 N–H and O–H groups in total. The van der Waals surface area contributed by atoms with Crippen molar-refractivity contribution < 1.29 is 9.47 Å². The lowest BCUT2D eigenvalue weighted by atomic mass is 10.7. The molecule has 52 valence electrons. The van der Waals surface area contributed by atoms with Crippen LogP contribution >= 0.6 is 0 Å². The van der Waals surface area contributed by atoms with Crippen LogP contribution in [0.1, 0.15) is 6.92 Å². The molecule has 2 heteroatoms. The highest BCUT2D eigenvalue weighted by molar-refractivity contribution is 4.82. The molecule has 2 nitrogen and oxygen atoms in total. The van der Waals surface area contributed by atoms with Crippen LogP contribution in [0, 0.1) is 12.3 Å². The Hall–Kier alpha value is -0.520. The molecule has 0 unspecified atom stereocenters. The van der Waals surface area contributed by atoms with Crippen molar-refractivity contribution in [2.75, 3.05) is 26.4 Å². The number of hydrogen-bond acceptors (Lipinski definition) is 2. The van der Waals surface area contributed by atoms with E-state index in [1.807, 2.05) is 6.92 Å². The van der Waals surface area contributed by atoms with Crippen LogP contribution in [0.4, 0.5) is 0 Å². The number of ether oxygens (including phenoxy) is 2. The molecule has 0 atom stereocenters. The van der Waals surface area contributed by atoms with E-state index in [1.165, 1.54) is 0 Å². The second-order valence-corrected chi connectivity index (χ2v) is 1.45. The van der Waals surface area contributed by atoms with Gasteiger partial charge in [0.25, 0.3) is 0 Å². The minimum Gasteiger partial charge on any atom is -0.379 e. The highest BCUT2D eigenvalue weighted by Crippen LogP contribution is 1.75. The Morgan fingerprint density at radius 3 is 2.56 bits per heavy atom. The largest absolute Gasteiger partial charge is 0.379 e. The predicted molar refractivity (Wildman–Crippen MR) is 36.1 cm³/mol. The fourth-order valence-corrected chi connectivity index (χ4v) is 0.393. The maximum atomic E-state index is 4.99. The maximum absolute atomic E-state index is 4.99. The molecular formula is C7H12O2. The summed E-state index contributed by atoms with van der Waals surface area (Å²) in [5.41, 5.74) is 0. The molecular weight excluding hydrogens is 116 g/mol. The average molecular weight is 128 g/mol. The second kappa shape index (κ2) is 7.48. The minimum atomic E-state index is 0.382. The van der Waals surface area contributed by atoms with Gasteiger partial charge in [-0.3, -0.25) is 0 Å². The van der Waals surface area contributed by atoms with Crippen molar-refractivity contribution in [3.05, 3.63) is 0 Å². The van der Waals surface area contributed by atoms with Crippen LogP contribution in [0.5, 0.6) is 0 Å². The highest BCUT2D eigenvalue weighted by atomic mass is 16.5. The van der Waals surface area contributed by atoms with Gasteiger partial charge in [-0.15, -0.1) is 6.42 Å². The van der Waals surface area contributed by atoms with Crippen molar-refractivity contribution in [3.8, 4) is 12.3 Å². The Morgan fingerprint density at radius 2 is 2.00 bits per heavy atom. The first-order chi connectivity index (χ1) is 4.41. The van der Waals surface area contributed by atoms with Gasteiger partial charge in [-0.2, -0.15) is 0 Å². The van der Waals surface area contributed by atoms with E-state index in [0.717, 1.165) is 6.61 Å². The summed E-state index contributed by atoms with van der Waals surface area (Å²) >= 11 is 0. The van der Waals surface area contributed by atoms with Crippen LogP contribution in [0.3, 0.4) is 0 Å². The zero-order chi connectivity index (χ0) is 6.95. The standard InChI is InChI=1S/C7H12O2/c1-3-5-9-7-6-8-4-2/h1H,4-7H2,2H3. The Balaban J connectivity index is 2.69. The predicted octanol–water partition coefficient (Wildman–Crippen LogP) is 0.673. The molecule has 0 spiro atoms. The summed E-state index contributed by atoms with van der Waals surface area (Å²) in [4.78, 5) is 0. The van der Waals surface area contributed by atoms with Crippen LogP contribution in [0.25, 0.3) is 0 Å². The van der Waals surface area contributed by atoms with Gasteiger partial charge in [-0.1, -0.05) is 5.92 Å². The molecule has 0 saturated heterocycles. The van der Waals surface area contributed by atoms with E-state index in [9.17, 15) is 0 Å². The van der Waals surface area contributed by atoms with Crippen molar-refractivity contribution in [2.45, 2.75) is 6.92 Å². The molecule has 0 aliphatic rings. The minimum absolute atomic E-state index is 0.382. The summed E-state index contributed by atoms with van der Waals surface area (Å²) in [6.45, 7) is 4.30. The van der Waals surface area contributed by atoms with Crippen LogP contribution in [0.2, 0.25) is 0 Å². The molecule has 0 aromatic heterocycles. The zero-order valence-electron chi connectivity index (χ0n) is 5.72. The lowest BCUT2D eigenvalue weighted by molar-refractivity contribution is 0.0662. The quantitative estimate of drug-likeness (QED) is 0.400. The van der Waals surface area contributed by atoms with Crippen molar-refractivity contribution in [3.63, 3.8) is 0 Å². The van der Waals surface area contributed by atoms with Crippen LogP contribution in [-0.4, -0.2) is 26.4 Å². The first-order valence-electron chi connectivity index (χ1n) is 3.00. The zero-order valence-corrected chi connectivity index (χ0v) is 5.72. The maximum Gasteiger partial charge on any atom is 0.107 e. The van der Waals surface area contributed by atoms with Gasteiger partial charge in [-0.05, 0) is 6.92 Å². The van der Waals surface area contributed by atoms with Crippen LogP contribution in [-0.2, 0) is 9.47 Å². The Labute approximate surface area is 56.2 Å². The van der Waals surface area contributed by atoms with E-state index in [0.29, 0.717) is 19.8 Å². The summed E-state index contributed by atoms with van der Waals surface area (Å²) in [6.07, 6.45) is 4.93. The van der Waals surface area contributed by atoms with Crippen molar-refractivity contribution in [1.82, 2.24) is 0 Å². The SMILES string of the molecule is C#CCOCCOCC. The molecule has 0 aromatic rings. The molecule has 0 radical (unpaired) electrons. The molecule has 0 aliphatic carbocycles. The Morgan fingerprint density at radius 1 is 1.33 bits per heavy atom. The molecule has 0 amide bonds. The van der Waals surface area contributed by atoms with Gasteiger partial charge in [0.15, 0.2) is 0 Å². The monoisotopic (exact) mass is 128 g/mol. The number of hydrogen-bond donors (Lipinski definition) is 0. The molecule has 0 heterocycles. The van der Waals surface area contributed by atoms with Gasteiger partial charge in [0.05, 0.1) is 13.2 Å². The Kier molecular flexibility index (Phi) is 7.05. The van der Waals surface area contributed by atoms with E-state index in [-0.39, 0.29) is 0 Å². The molecule has 0 fully saturated rings. The summed E-state index contributed by atoms with van der Waals surface area (Å²) < 4.78 is 9.91. The first kappa shape index (κ1) is 8.48. The van der Waals surface area contributed by atoms with E-state index in [2.05, 4.69) is 5.92 Å². The molecule has 0 aromatic carbocycles. The third-order valence-corrected chi connectivity index (χ3v) is 0.762. The first-order valence-corrected chi connectivity index (χ1v) is 3.00. The summed E-state index contributed by atoms with van der Waals surface area (Å²) in [7, 11) is 0. The van der Waals surface area contributed by atoms with E-state index in [4.69, 9.17) is 15.9 Å². The van der Waals surface area contributed by atoms with Gasteiger partial charge < -0.3 is 9.47 Å². The lowest BCUT2D eigenvalue weighted by Gasteiger charge is -1.98. The van der Waals surface area contributed by atoms with Crippen molar-refractivity contribution >= 4 is 0 Å². The fraction of sp³-hybridized carbons (Fsp3) is 0.714. The van der Waals surface area contributed by atoms with Crippen molar-refractivity contribution in [2.24, 2.45) is 0 Å². The third-order valence-electron chi connectivity index (χ3n) is 0.762. The number of terminal acetylenes is 1. The molecule has 9 heavy (non-hydrogen) atoms. The summed E-state index contributed by atoms with van der Waals surface area (Å²) in [5, 5.41) is 0. The van der Waals surface area contributed by atoms with Gasteiger partial charge in [0.1, 0.15) is 6.61 Å². The van der Waals surface area contributed by atoms with E-state index >= 15 is 0 Å². The topological polar surface area (TPSA) is 18.5 Å². The fourth-order valence-electron chi connectivity index (χ4n) is 0.393. The Bertz CT molecular complexity index is 83.4. The average Bonchev–Trinajstić information content (AvgIpc) is 1.89. The molecule has 0 bridgehead atoms. The van der Waals surface area contributed by atoms with Crippen LogP contribution in [0.15, 0.2) is 0 Å². The smallest absolute Gasteiger partial charge is 0.107 e. The van der Waals surface area contributed by atoms with Gasteiger partial charge in [0.2, 0.25) is 0 Å².